The lowest BCUT2D eigenvalue weighted by Gasteiger charge is -2.31. The molecule has 0 atom stereocenters. The number of nitrogens with one attached hydrogen (secondary N) is 1. The second kappa shape index (κ2) is 6.22. The lowest BCUT2D eigenvalue weighted by atomic mass is 9.92. The summed E-state index contributed by atoms with van der Waals surface area (Å²) in [5, 5.41) is 7.69. The number of benzene rings is 2. The van der Waals surface area contributed by atoms with Crippen molar-refractivity contribution in [2.75, 3.05) is 5.32 Å². The van der Waals surface area contributed by atoms with Crippen LogP contribution in [-0.4, -0.2) is 25.7 Å². The summed E-state index contributed by atoms with van der Waals surface area (Å²) in [6.45, 7) is 3.67. The third-order valence-corrected chi connectivity index (χ3v) is 4.88. The fourth-order valence-corrected chi connectivity index (χ4v) is 3.24. The molecule has 0 radical (unpaired) electrons. The number of carbonyl (C=O) groups is 2. The lowest BCUT2D eigenvalue weighted by molar-refractivity contribution is 0.0620. The largest absolute Gasteiger partial charge is 0.487 e. The maximum absolute atomic E-state index is 12.4. The van der Waals surface area contributed by atoms with Crippen LogP contribution in [0.5, 0.6) is 5.75 Å². The maximum atomic E-state index is 12.4. The summed E-state index contributed by atoms with van der Waals surface area (Å²) in [6, 6.07) is 10.2. The van der Waals surface area contributed by atoms with E-state index in [-0.39, 0.29) is 17.1 Å². The molecule has 8 heteroatoms. The Labute approximate surface area is 151 Å². The number of carbonyl (C=O) groups excluding carboxylic acids is 2. The first-order valence-electron chi connectivity index (χ1n) is 7.86. The van der Waals surface area contributed by atoms with Crippen LogP contribution >= 0.6 is 0 Å². The summed E-state index contributed by atoms with van der Waals surface area (Å²) in [4.78, 5) is 24.6. The van der Waals surface area contributed by atoms with Gasteiger partial charge in [-0.3, -0.25) is 9.59 Å². The molecule has 1 heterocycles. The molecule has 0 spiro atoms. The van der Waals surface area contributed by atoms with Crippen molar-refractivity contribution >= 4 is 27.4 Å². The van der Waals surface area contributed by atoms with E-state index < -0.39 is 21.5 Å². The van der Waals surface area contributed by atoms with Crippen molar-refractivity contribution < 1.29 is 22.7 Å². The Morgan fingerprint density at radius 2 is 1.81 bits per heavy atom. The highest BCUT2D eigenvalue weighted by Gasteiger charge is 2.32. The standard InChI is InChI=1S/C18H18N2O5S/c1-18(2)10-15(21)14-9-11(3-8-16(14)25-18)17(22)20-12-4-6-13(7-5-12)26(19,23)24/h3-9H,10H2,1-2H3,(H,20,22)(H2,19,23,24). The number of primary sulfonamides is 1. The van der Waals surface area contributed by atoms with Gasteiger partial charge < -0.3 is 10.1 Å². The van der Waals surface area contributed by atoms with Crippen LogP contribution in [0.2, 0.25) is 0 Å². The van der Waals surface area contributed by atoms with Crippen LogP contribution < -0.4 is 15.2 Å². The van der Waals surface area contributed by atoms with E-state index in [4.69, 9.17) is 9.88 Å². The van der Waals surface area contributed by atoms with E-state index in [1.165, 1.54) is 30.3 Å². The Morgan fingerprint density at radius 3 is 2.42 bits per heavy atom. The number of Topliss-reactive ketones (excluding diaryl/α,β-unsaturated/α-hetero) is 1. The first kappa shape index (κ1) is 18.1. The highest BCUT2D eigenvalue weighted by molar-refractivity contribution is 7.89. The second-order valence-electron chi connectivity index (χ2n) is 6.70. The normalized spacial score (nSPS) is 15.7. The molecule has 1 aliphatic rings. The number of sulfonamides is 1. The third kappa shape index (κ3) is 3.76. The molecule has 0 saturated heterocycles. The summed E-state index contributed by atoms with van der Waals surface area (Å²) in [5.74, 6) is -0.0440. The van der Waals surface area contributed by atoms with Gasteiger partial charge in [-0.1, -0.05) is 0 Å². The average molecular weight is 374 g/mol. The van der Waals surface area contributed by atoms with Crippen LogP contribution in [0.3, 0.4) is 0 Å². The lowest BCUT2D eigenvalue weighted by Crippen LogP contribution is -2.36. The van der Waals surface area contributed by atoms with Crippen LogP contribution in [0.1, 0.15) is 41.0 Å². The van der Waals surface area contributed by atoms with Crippen LogP contribution in [-0.2, 0) is 10.0 Å². The van der Waals surface area contributed by atoms with E-state index >= 15 is 0 Å². The molecule has 7 nitrogen and oxygen atoms in total. The van der Waals surface area contributed by atoms with Crippen molar-refractivity contribution in [1.82, 2.24) is 0 Å². The predicted octanol–water partition coefficient (Wildman–Crippen LogP) is 2.33. The fraction of sp³-hybridized carbons (Fsp3) is 0.222. The van der Waals surface area contributed by atoms with E-state index in [2.05, 4.69) is 5.32 Å². The third-order valence-electron chi connectivity index (χ3n) is 3.96. The second-order valence-corrected chi connectivity index (χ2v) is 8.26. The highest BCUT2D eigenvalue weighted by Crippen LogP contribution is 2.33. The van der Waals surface area contributed by atoms with E-state index in [1.54, 1.807) is 12.1 Å². The van der Waals surface area contributed by atoms with E-state index in [9.17, 15) is 18.0 Å². The van der Waals surface area contributed by atoms with Gasteiger partial charge in [0.25, 0.3) is 5.91 Å². The van der Waals surface area contributed by atoms with Gasteiger partial charge in [0, 0.05) is 11.3 Å². The van der Waals surface area contributed by atoms with Crippen molar-refractivity contribution in [1.29, 1.82) is 0 Å². The number of hydrogen-bond acceptors (Lipinski definition) is 5. The van der Waals surface area contributed by atoms with Crippen molar-refractivity contribution in [3.8, 4) is 5.75 Å². The molecule has 0 aliphatic carbocycles. The van der Waals surface area contributed by atoms with Crippen LogP contribution in [0.25, 0.3) is 0 Å². The predicted molar refractivity (Wildman–Crippen MR) is 95.9 cm³/mol. The zero-order chi connectivity index (χ0) is 19.1. The zero-order valence-corrected chi connectivity index (χ0v) is 15.1. The first-order chi connectivity index (χ1) is 12.0. The molecule has 3 rings (SSSR count). The van der Waals surface area contributed by atoms with Gasteiger partial charge in [0.05, 0.1) is 16.9 Å². The molecule has 0 bridgehead atoms. The summed E-state index contributed by atoms with van der Waals surface area (Å²) in [7, 11) is -3.79. The minimum Gasteiger partial charge on any atom is -0.487 e. The quantitative estimate of drug-likeness (QED) is 0.855. The maximum Gasteiger partial charge on any atom is 0.255 e. The Morgan fingerprint density at radius 1 is 1.15 bits per heavy atom. The number of ether oxygens (including phenoxy) is 1. The van der Waals surface area contributed by atoms with Gasteiger partial charge in [-0.15, -0.1) is 0 Å². The van der Waals surface area contributed by atoms with Crippen LogP contribution in [0.15, 0.2) is 47.4 Å². The number of rotatable bonds is 3. The number of hydrogen-bond donors (Lipinski definition) is 2. The van der Waals surface area contributed by atoms with Crippen molar-refractivity contribution in [2.24, 2.45) is 5.14 Å². The summed E-state index contributed by atoms with van der Waals surface area (Å²) in [5.41, 5.74) is 0.514. The van der Waals surface area contributed by atoms with Gasteiger partial charge in [0.15, 0.2) is 5.78 Å². The summed E-state index contributed by atoms with van der Waals surface area (Å²) < 4.78 is 28.3. The Bertz CT molecular complexity index is 995. The molecule has 136 valence electrons. The van der Waals surface area contributed by atoms with Crippen molar-refractivity contribution in [2.45, 2.75) is 30.8 Å². The number of amides is 1. The van der Waals surface area contributed by atoms with Gasteiger partial charge in [-0.05, 0) is 56.3 Å². The van der Waals surface area contributed by atoms with Gasteiger partial charge in [0.1, 0.15) is 11.4 Å². The van der Waals surface area contributed by atoms with Gasteiger partial charge in [0.2, 0.25) is 10.0 Å². The summed E-state index contributed by atoms with van der Waals surface area (Å²) >= 11 is 0. The number of nitrogens with two attached hydrogens (primary N) is 1. The smallest absolute Gasteiger partial charge is 0.255 e. The minimum absolute atomic E-state index is 0.0466. The molecule has 0 fully saturated rings. The van der Waals surface area contributed by atoms with Gasteiger partial charge in [-0.25, -0.2) is 13.6 Å². The fourth-order valence-electron chi connectivity index (χ4n) is 2.72. The van der Waals surface area contributed by atoms with Crippen molar-refractivity contribution in [3.05, 3.63) is 53.6 Å². The molecular formula is C18H18N2O5S. The van der Waals surface area contributed by atoms with Crippen LogP contribution in [0.4, 0.5) is 5.69 Å². The zero-order valence-electron chi connectivity index (χ0n) is 14.3. The molecular weight excluding hydrogens is 356 g/mol. The minimum atomic E-state index is -3.79. The molecule has 1 amide bonds. The first-order valence-corrected chi connectivity index (χ1v) is 9.40. The highest BCUT2D eigenvalue weighted by atomic mass is 32.2. The number of anilines is 1. The Hall–Kier alpha value is -2.71. The molecule has 2 aromatic carbocycles. The van der Waals surface area contributed by atoms with Gasteiger partial charge >= 0.3 is 0 Å². The van der Waals surface area contributed by atoms with Crippen LogP contribution in [0, 0.1) is 0 Å². The average Bonchev–Trinajstić information content (AvgIpc) is 2.53. The molecule has 3 N–H and O–H groups in total. The van der Waals surface area contributed by atoms with E-state index in [1.807, 2.05) is 13.8 Å². The molecule has 1 aliphatic heterocycles. The Balaban J connectivity index is 1.81. The van der Waals surface area contributed by atoms with E-state index in [0.717, 1.165) is 0 Å². The molecule has 2 aromatic rings. The SMILES string of the molecule is CC1(C)CC(=O)c2cc(C(=O)Nc3ccc(S(N)(=O)=O)cc3)ccc2O1. The monoisotopic (exact) mass is 374 g/mol. The molecule has 0 aromatic heterocycles. The topological polar surface area (TPSA) is 116 Å². The van der Waals surface area contributed by atoms with E-state index in [0.29, 0.717) is 22.6 Å². The van der Waals surface area contributed by atoms with Gasteiger partial charge in [-0.2, -0.15) is 0 Å². The number of fused-ring (bicyclic) bond motifs is 1. The Kier molecular flexibility index (Phi) is 4.33. The number of ketones is 1. The van der Waals surface area contributed by atoms with Crippen molar-refractivity contribution in [3.63, 3.8) is 0 Å². The molecule has 0 unspecified atom stereocenters. The summed E-state index contributed by atoms with van der Waals surface area (Å²) in [6.07, 6.45) is 0.236. The molecule has 0 saturated carbocycles. The molecule has 26 heavy (non-hydrogen) atoms.